The van der Waals surface area contributed by atoms with Crippen LogP contribution in [0.4, 0.5) is 5.69 Å². The minimum Gasteiger partial charge on any atom is -0.494 e. The van der Waals surface area contributed by atoms with Gasteiger partial charge in [-0.05, 0) is 79.4 Å². The second-order valence-electron chi connectivity index (χ2n) is 9.64. The van der Waals surface area contributed by atoms with Crippen molar-refractivity contribution in [2.75, 3.05) is 23.9 Å². The van der Waals surface area contributed by atoms with Crippen LogP contribution in [-0.2, 0) is 5.41 Å². The summed E-state index contributed by atoms with van der Waals surface area (Å²) in [6, 6.07) is 19.3. The van der Waals surface area contributed by atoms with Crippen LogP contribution < -0.4 is 14.4 Å². The Morgan fingerprint density at radius 2 is 1.76 bits per heavy atom. The molecule has 0 aliphatic carbocycles. The van der Waals surface area contributed by atoms with Gasteiger partial charge in [0.2, 0.25) is 5.72 Å². The monoisotopic (exact) mass is 505 g/mol. The van der Waals surface area contributed by atoms with E-state index in [4.69, 9.17) is 9.47 Å². The minimum atomic E-state index is -0.555. The summed E-state index contributed by atoms with van der Waals surface area (Å²) in [5.74, 6) is 1.85. The molecule has 0 radical (unpaired) electrons. The fraction of sp³-hybridized carbons (Fsp3) is 0.379. The zero-order chi connectivity index (χ0) is 23.1. The van der Waals surface area contributed by atoms with Crippen LogP contribution in [0, 0.1) is 0 Å². The van der Waals surface area contributed by atoms with Gasteiger partial charge in [-0.1, -0.05) is 59.1 Å². The highest BCUT2D eigenvalue weighted by molar-refractivity contribution is 9.09. The molecule has 0 aromatic heterocycles. The lowest BCUT2D eigenvalue weighted by Gasteiger charge is -2.46. The number of nitrogens with zero attached hydrogens (tertiary/aromatic N) is 1. The van der Waals surface area contributed by atoms with Gasteiger partial charge in [0, 0.05) is 23.6 Å². The van der Waals surface area contributed by atoms with E-state index in [1.165, 1.54) is 41.3 Å². The molecule has 0 bridgehead atoms. The van der Waals surface area contributed by atoms with Crippen molar-refractivity contribution >= 4 is 38.5 Å². The predicted molar refractivity (Wildman–Crippen MR) is 142 cm³/mol. The molecular weight excluding hydrogens is 474 g/mol. The lowest BCUT2D eigenvalue weighted by atomic mass is 9.76. The smallest absolute Gasteiger partial charge is 0.211 e. The molecule has 3 nitrogen and oxygen atoms in total. The number of hydrogen-bond acceptors (Lipinski definition) is 3. The third-order valence-electron chi connectivity index (χ3n) is 7.37. The van der Waals surface area contributed by atoms with Crippen molar-refractivity contribution < 1.29 is 9.47 Å². The van der Waals surface area contributed by atoms with Crippen LogP contribution in [0.15, 0.2) is 60.7 Å². The van der Waals surface area contributed by atoms with Gasteiger partial charge in [-0.15, -0.1) is 0 Å². The molecule has 0 amide bonds. The number of ether oxygens (including phenoxy) is 2. The number of unbranched alkanes of at least 4 members (excludes halogenated alkanes) is 3. The zero-order valence-corrected chi connectivity index (χ0v) is 21.3. The molecule has 2 aliphatic heterocycles. The molecule has 3 aromatic rings. The molecule has 4 heteroatoms. The number of fused-ring (bicyclic) bond motifs is 4. The van der Waals surface area contributed by atoms with E-state index < -0.39 is 5.72 Å². The largest absolute Gasteiger partial charge is 0.494 e. The van der Waals surface area contributed by atoms with Crippen LogP contribution >= 0.6 is 15.9 Å². The van der Waals surface area contributed by atoms with Crippen molar-refractivity contribution in [1.82, 2.24) is 0 Å². The summed E-state index contributed by atoms with van der Waals surface area (Å²) in [6.07, 6.45) is 9.26. The van der Waals surface area contributed by atoms with Gasteiger partial charge in [-0.25, -0.2) is 0 Å². The molecule has 0 fully saturated rings. The van der Waals surface area contributed by atoms with Gasteiger partial charge in [0.15, 0.2) is 0 Å². The molecule has 0 saturated carbocycles. The summed E-state index contributed by atoms with van der Waals surface area (Å²) in [5.41, 5.74) is 2.92. The van der Waals surface area contributed by atoms with E-state index in [2.05, 4.69) is 108 Å². The first-order valence-corrected chi connectivity index (χ1v) is 13.1. The van der Waals surface area contributed by atoms with Gasteiger partial charge in [-0.3, -0.25) is 0 Å². The van der Waals surface area contributed by atoms with Gasteiger partial charge >= 0.3 is 0 Å². The summed E-state index contributed by atoms with van der Waals surface area (Å²) < 4.78 is 13.0. The Bertz CT molecular complexity index is 1200. The molecule has 3 aromatic carbocycles. The molecule has 172 valence electrons. The maximum atomic E-state index is 6.87. The molecule has 0 saturated heterocycles. The molecular formula is C29H32BrNO2. The van der Waals surface area contributed by atoms with E-state index in [9.17, 15) is 0 Å². The summed E-state index contributed by atoms with van der Waals surface area (Å²) >= 11 is 3.50. The second kappa shape index (κ2) is 8.72. The Hall–Kier alpha value is -2.46. The van der Waals surface area contributed by atoms with Crippen molar-refractivity contribution in [3.63, 3.8) is 0 Å². The van der Waals surface area contributed by atoms with E-state index in [1.54, 1.807) is 0 Å². The molecule has 33 heavy (non-hydrogen) atoms. The van der Waals surface area contributed by atoms with E-state index in [-0.39, 0.29) is 5.41 Å². The van der Waals surface area contributed by atoms with Gasteiger partial charge in [-0.2, -0.15) is 0 Å². The standard InChI is InChI=1S/C29H32BrNO2/c1-28(2)25-10-6-7-11-26(25)31(3)29(28)17-16-23-24-20-22(32-19-9-5-4-8-18-30)14-12-21(24)13-15-27(23)33-29/h6-7,10-17,20H,4-5,8-9,18-19H2,1-3H3. The Kier molecular flexibility index (Phi) is 5.90. The average molecular weight is 506 g/mol. The quantitative estimate of drug-likeness (QED) is 0.242. The highest BCUT2D eigenvalue weighted by Gasteiger charge is 2.57. The maximum Gasteiger partial charge on any atom is 0.211 e. The van der Waals surface area contributed by atoms with Crippen molar-refractivity contribution in [3.8, 4) is 11.5 Å². The molecule has 1 spiro atoms. The third kappa shape index (κ3) is 3.63. The van der Waals surface area contributed by atoms with Crippen molar-refractivity contribution in [3.05, 3.63) is 71.8 Å². The normalized spacial score (nSPS) is 20.1. The molecule has 2 aliphatic rings. The lowest BCUT2D eigenvalue weighted by Crippen LogP contribution is -2.58. The van der Waals surface area contributed by atoms with Crippen LogP contribution in [0.3, 0.4) is 0 Å². The number of alkyl halides is 1. The van der Waals surface area contributed by atoms with E-state index >= 15 is 0 Å². The highest BCUT2D eigenvalue weighted by Crippen LogP contribution is 2.54. The van der Waals surface area contributed by atoms with Crippen molar-refractivity contribution in [1.29, 1.82) is 0 Å². The average Bonchev–Trinajstić information content (AvgIpc) is 2.99. The second-order valence-corrected chi connectivity index (χ2v) is 10.4. The summed E-state index contributed by atoms with van der Waals surface area (Å²) in [7, 11) is 2.13. The van der Waals surface area contributed by atoms with Crippen LogP contribution in [-0.4, -0.2) is 24.7 Å². The minimum absolute atomic E-state index is 0.193. The highest BCUT2D eigenvalue weighted by atomic mass is 79.9. The number of halogens is 1. The van der Waals surface area contributed by atoms with E-state index in [0.29, 0.717) is 0 Å². The third-order valence-corrected chi connectivity index (χ3v) is 7.93. The fourth-order valence-corrected chi connectivity index (χ4v) is 5.79. The first-order chi connectivity index (χ1) is 16.0. The van der Waals surface area contributed by atoms with Crippen LogP contribution in [0.5, 0.6) is 11.5 Å². The molecule has 1 unspecified atom stereocenters. The van der Waals surface area contributed by atoms with Crippen molar-refractivity contribution in [2.24, 2.45) is 0 Å². The van der Waals surface area contributed by atoms with E-state index in [1.807, 2.05) is 0 Å². The summed E-state index contributed by atoms with van der Waals surface area (Å²) in [4.78, 5) is 2.28. The Morgan fingerprint density at radius 3 is 2.58 bits per heavy atom. The van der Waals surface area contributed by atoms with Crippen LogP contribution in [0.25, 0.3) is 16.8 Å². The van der Waals surface area contributed by atoms with Gasteiger partial charge in [0.25, 0.3) is 0 Å². The Labute approximate surface area is 205 Å². The molecule has 0 N–H and O–H groups in total. The SMILES string of the molecule is CN1c2ccccc2C(C)(C)C12C=Cc1c(ccc3ccc(OCCCCCCBr)cc13)O2. The predicted octanol–water partition coefficient (Wildman–Crippen LogP) is 7.70. The zero-order valence-electron chi connectivity index (χ0n) is 19.7. The first kappa shape index (κ1) is 22.3. The molecule has 2 heterocycles. The number of para-hydroxylation sites is 1. The number of benzene rings is 3. The first-order valence-electron chi connectivity index (χ1n) is 11.9. The maximum absolute atomic E-state index is 6.87. The van der Waals surface area contributed by atoms with E-state index in [0.717, 1.165) is 35.4 Å². The Morgan fingerprint density at radius 1 is 0.970 bits per heavy atom. The number of anilines is 1. The van der Waals surface area contributed by atoms with Crippen molar-refractivity contribution in [2.45, 2.75) is 50.7 Å². The number of likely N-dealkylation sites (N-methyl/N-ethyl adjacent to an activating group) is 1. The Balaban J connectivity index is 1.43. The number of rotatable bonds is 7. The van der Waals surface area contributed by atoms with Gasteiger partial charge in [0.05, 0.1) is 12.0 Å². The fourth-order valence-electron chi connectivity index (χ4n) is 5.39. The topological polar surface area (TPSA) is 21.7 Å². The lowest BCUT2D eigenvalue weighted by molar-refractivity contribution is 0.0584. The van der Waals surface area contributed by atoms with Gasteiger partial charge in [0.1, 0.15) is 11.5 Å². The summed E-state index contributed by atoms with van der Waals surface area (Å²) in [5, 5.41) is 3.45. The molecule has 1 atom stereocenters. The number of hydrogen-bond donors (Lipinski definition) is 0. The van der Waals surface area contributed by atoms with Crippen LogP contribution in [0.1, 0.15) is 50.7 Å². The van der Waals surface area contributed by atoms with Gasteiger partial charge < -0.3 is 14.4 Å². The summed E-state index contributed by atoms with van der Waals surface area (Å²) in [6.45, 7) is 5.31. The van der Waals surface area contributed by atoms with Crippen LogP contribution in [0.2, 0.25) is 0 Å². The molecule has 5 rings (SSSR count).